The van der Waals surface area contributed by atoms with Crippen LogP contribution in [0, 0.1) is 30.6 Å². The quantitative estimate of drug-likeness (QED) is 0.748. The van der Waals surface area contributed by atoms with E-state index in [2.05, 4.69) is 32.2 Å². The summed E-state index contributed by atoms with van der Waals surface area (Å²) in [5, 5.41) is 16.4. The van der Waals surface area contributed by atoms with Crippen molar-refractivity contribution in [3.8, 4) is 46.9 Å². The normalized spacial score (nSPS) is 9.96. The van der Waals surface area contributed by atoms with E-state index >= 15 is 0 Å². The molecule has 0 atom stereocenters. The highest BCUT2D eigenvalue weighted by Gasteiger charge is 2.11. The molecule has 0 unspecified atom stereocenters. The van der Waals surface area contributed by atoms with Crippen LogP contribution in [0.3, 0.4) is 0 Å². The number of pyridine rings is 1. The van der Waals surface area contributed by atoms with Gasteiger partial charge >= 0.3 is 0 Å². The Kier molecular flexibility index (Phi) is 4.22. The van der Waals surface area contributed by atoms with Crippen LogP contribution < -0.4 is 4.74 Å². The fourth-order valence-corrected chi connectivity index (χ4v) is 2.21. The second-order valence-corrected chi connectivity index (χ2v) is 5.01. The summed E-state index contributed by atoms with van der Waals surface area (Å²) in [5.41, 5.74) is 2.89. The number of H-pyrrole nitrogens is 1. The summed E-state index contributed by atoms with van der Waals surface area (Å²) in [6.07, 6.45) is 6.89. The van der Waals surface area contributed by atoms with Crippen LogP contribution in [0.25, 0.3) is 22.8 Å². The van der Waals surface area contributed by atoms with Crippen molar-refractivity contribution < 1.29 is 4.74 Å². The van der Waals surface area contributed by atoms with Gasteiger partial charge in [0.1, 0.15) is 18.4 Å². The van der Waals surface area contributed by atoms with Crippen LogP contribution in [0.5, 0.6) is 5.75 Å². The molecule has 0 saturated heterocycles. The summed E-state index contributed by atoms with van der Waals surface area (Å²) in [6, 6.07) is 11.0. The van der Waals surface area contributed by atoms with E-state index in [-0.39, 0.29) is 6.61 Å². The number of rotatable bonds is 4. The molecule has 0 aliphatic carbocycles. The highest BCUT2D eigenvalue weighted by molar-refractivity contribution is 5.64. The van der Waals surface area contributed by atoms with E-state index in [9.17, 15) is 5.26 Å². The molecule has 0 fully saturated rings. The topological polar surface area (TPSA) is 87.5 Å². The minimum atomic E-state index is 0.113. The van der Waals surface area contributed by atoms with Gasteiger partial charge in [0.25, 0.3) is 0 Å². The smallest absolute Gasteiger partial charge is 0.181 e. The maximum Gasteiger partial charge on any atom is 0.181 e. The molecule has 24 heavy (non-hydrogen) atoms. The van der Waals surface area contributed by atoms with E-state index in [1.807, 2.05) is 19.1 Å². The molecule has 2 aromatic heterocycles. The third-order valence-corrected chi connectivity index (χ3v) is 3.32. The monoisotopic (exact) mass is 315 g/mol. The standard InChI is InChI=1S/C18H13N5O/c1-3-8-24-16-5-4-13(10-15(16)11-19)17-21-18(23-22-17)14-6-7-20-12(2)9-14/h1,4-7,9-10H,8H2,2H3,(H,21,22,23). The lowest BCUT2D eigenvalue weighted by Gasteiger charge is -2.05. The van der Waals surface area contributed by atoms with E-state index in [1.165, 1.54) is 0 Å². The number of aryl methyl sites for hydroxylation is 1. The zero-order valence-electron chi connectivity index (χ0n) is 12.9. The Morgan fingerprint density at radius 1 is 1.25 bits per heavy atom. The van der Waals surface area contributed by atoms with E-state index in [1.54, 1.807) is 24.4 Å². The van der Waals surface area contributed by atoms with Gasteiger partial charge < -0.3 is 4.74 Å². The van der Waals surface area contributed by atoms with Crippen molar-refractivity contribution in [3.63, 3.8) is 0 Å². The molecule has 0 aliphatic rings. The van der Waals surface area contributed by atoms with Crippen LogP contribution in [0.1, 0.15) is 11.3 Å². The number of hydrogen-bond donors (Lipinski definition) is 1. The van der Waals surface area contributed by atoms with E-state index < -0.39 is 0 Å². The average Bonchev–Trinajstić information content (AvgIpc) is 3.10. The van der Waals surface area contributed by atoms with Crippen molar-refractivity contribution in [3.05, 3.63) is 47.8 Å². The lowest BCUT2D eigenvalue weighted by Crippen LogP contribution is -1.96. The first-order valence-electron chi connectivity index (χ1n) is 7.17. The van der Waals surface area contributed by atoms with Gasteiger partial charge in [-0.25, -0.2) is 4.98 Å². The molecular formula is C18H13N5O. The van der Waals surface area contributed by atoms with Gasteiger partial charge in [0.15, 0.2) is 11.6 Å². The maximum atomic E-state index is 9.27. The zero-order chi connectivity index (χ0) is 16.9. The number of nitrogens with zero attached hydrogens (tertiary/aromatic N) is 4. The molecule has 0 aliphatic heterocycles. The average molecular weight is 315 g/mol. The Balaban J connectivity index is 1.93. The van der Waals surface area contributed by atoms with Crippen molar-refractivity contribution in [1.82, 2.24) is 20.2 Å². The number of hydrogen-bond acceptors (Lipinski definition) is 5. The Labute approximate surface area is 139 Å². The molecule has 6 nitrogen and oxygen atoms in total. The van der Waals surface area contributed by atoms with Gasteiger partial charge in [0.05, 0.1) is 5.56 Å². The van der Waals surface area contributed by atoms with Crippen LogP contribution in [-0.4, -0.2) is 26.8 Å². The Bertz CT molecular complexity index is 962. The van der Waals surface area contributed by atoms with E-state index in [4.69, 9.17) is 11.2 Å². The van der Waals surface area contributed by atoms with Gasteiger partial charge in [-0.3, -0.25) is 10.1 Å². The van der Waals surface area contributed by atoms with Gasteiger partial charge in [0, 0.05) is 23.0 Å². The molecule has 3 aromatic rings. The third-order valence-electron chi connectivity index (χ3n) is 3.32. The first-order chi connectivity index (χ1) is 11.7. The van der Waals surface area contributed by atoms with Crippen molar-refractivity contribution in [2.45, 2.75) is 6.92 Å². The van der Waals surface area contributed by atoms with Crippen LogP contribution in [0.4, 0.5) is 0 Å². The van der Waals surface area contributed by atoms with Crippen LogP contribution in [0.2, 0.25) is 0 Å². The van der Waals surface area contributed by atoms with Gasteiger partial charge in [-0.2, -0.15) is 10.4 Å². The Hall–Kier alpha value is -3.64. The summed E-state index contributed by atoms with van der Waals surface area (Å²) in [7, 11) is 0. The zero-order valence-corrected chi connectivity index (χ0v) is 12.9. The van der Waals surface area contributed by atoms with Crippen molar-refractivity contribution in [1.29, 1.82) is 5.26 Å². The number of nitriles is 1. The van der Waals surface area contributed by atoms with Gasteiger partial charge in [-0.1, -0.05) is 5.92 Å². The fraction of sp³-hybridized carbons (Fsp3) is 0.111. The van der Waals surface area contributed by atoms with E-state index in [0.717, 1.165) is 16.8 Å². The van der Waals surface area contributed by atoms with Gasteiger partial charge in [-0.15, -0.1) is 6.42 Å². The van der Waals surface area contributed by atoms with E-state index in [0.29, 0.717) is 23.0 Å². The van der Waals surface area contributed by atoms with Gasteiger partial charge in [0.2, 0.25) is 0 Å². The summed E-state index contributed by atoms with van der Waals surface area (Å²) < 4.78 is 5.34. The largest absolute Gasteiger partial charge is 0.480 e. The molecule has 6 heteroatoms. The molecule has 2 heterocycles. The molecular weight excluding hydrogens is 302 g/mol. The molecule has 0 spiro atoms. The van der Waals surface area contributed by atoms with Crippen molar-refractivity contribution in [2.24, 2.45) is 0 Å². The fourth-order valence-electron chi connectivity index (χ4n) is 2.21. The third kappa shape index (κ3) is 3.08. The molecule has 0 saturated carbocycles. The number of ether oxygens (including phenoxy) is 1. The first kappa shape index (κ1) is 15.3. The Morgan fingerprint density at radius 3 is 2.88 bits per heavy atom. The predicted octanol–water partition coefficient (Wildman–Crippen LogP) is 2.73. The molecule has 1 aromatic carbocycles. The summed E-state index contributed by atoms with van der Waals surface area (Å²) in [4.78, 5) is 8.64. The number of nitrogens with one attached hydrogen (secondary N) is 1. The minimum Gasteiger partial charge on any atom is -0.480 e. The van der Waals surface area contributed by atoms with Crippen molar-refractivity contribution >= 4 is 0 Å². The second-order valence-electron chi connectivity index (χ2n) is 5.01. The predicted molar refractivity (Wildman–Crippen MR) is 88.8 cm³/mol. The highest BCUT2D eigenvalue weighted by Crippen LogP contribution is 2.25. The number of terminal acetylenes is 1. The molecule has 1 N–H and O–H groups in total. The maximum absolute atomic E-state index is 9.27. The summed E-state index contributed by atoms with van der Waals surface area (Å²) >= 11 is 0. The lowest BCUT2D eigenvalue weighted by atomic mass is 10.1. The number of aromatic nitrogens is 4. The van der Waals surface area contributed by atoms with Gasteiger partial charge in [-0.05, 0) is 37.3 Å². The molecule has 3 rings (SSSR count). The van der Waals surface area contributed by atoms with Crippen LogP contribution >= 0.6 is 0 Å². The molecule has 0 amide bonds. The number of benzene rings is 1. The van der Waals surface area contributed by atoms with Crippen LogP contribution in [-0.2, 0) is 0 Å². The SMILES string of the molecule is C#CCOc1ccc(-c2nc(-c3ccnc(C)c3)n[nH]2)cc1C#N. The summed E-state index contributed by atoms with van der Waals surface area (Å²) in [6.45, 7) is 2.02. The highest BCUT2D eigenvalue weighted by atomic mass is 16.5. The molecule has 0 bridgehead atoms. The Morgan fingerprint density at radius 2 is 2.12 bits per heavy atom. The van der Waals surface area contributed by atoms with Crippen LogP contribution in [0.15, 0.2) is 36.5 Å². The van der Waals surface area contributed by atoms with Crippen molar-refractivity contribution in [2.75, 3.05) is 6.61 Å². The second kappa shape index (κ2) is 6.64. The minimum absolute atomic E-state index is 0.113. The molecule has 0 radical (unpaired) electrons. The first-order valence-corrected chi connectivity index (χ1v) is 7.17. The molecule has 116 valence electrons. The lowest BCUT2D eigenvalue weighted by molar-refractivity contribution is 0.369. The summed E-state index contributed by atoms with van der Waals surface area (Å²) in [5.74, 6) is 3.96. The number of aromatic amines is 1.